The average molecular weight is 382 g/mol. The molecule has 0 bridgehead atoms. The normalized spacial score (nSPS) is 16.1. The molecule has 2 aromatic rings. The van der Waals surface area contributed by atoms with E-state index in [0.29, 0.717) is 40.5 Å². The summed E-state index contributed by atoms with van der Waals surface area (Å²) in [6, 6.07) is 13.2. The molecule has 0 radical (unpaired) electrons. The Morgan fingerprint density at radius 1 is 1.07 bits per heavy atom. The number of benzene rings is 2. The van der Waals surface area contributed by atoms with E-state index in [1.165, 1.54) is 7.11 Å². The van der Waals surface area contributed by atoms with Crippen molar-refractivity contribution in [1.82, 2.24) is 10.6 Å². The van der Waals surface area contributed by atoms with Crippen LogP contribution in [0.2, 0.25) is 0 Å². The molecule has 0 saturated heterocycles. The van der Waals surface area contributed by atoms with Crippen LogP contribution >= 0.6 is 0 Å². The lowest BCUT2D eigenvalue weighted by atomic mass is 9.92. The van der Waals surface area contributed by atoms with E-state index in [1.54, 1.807) is 37.4 Å². The predicted octanol–water partition coefficient (Wildman–Crippen LogP) is 3.03. The van der Waals surface area contributed by atoms with E-state index in [0.717, 1.165) is 0 Å². The molecule has 2 N–H and O–H groups in total. The van der Waals surface area contributed by atoms with Crippen LogP contribution in [-0.2, 0) is 9.53 Å². The first-order chi connectivity index (χ1) is 13.6. The summed E-state index contributed by atoms with van der Waals surface area (Å²) in [6.45, 7) is 2.40. The second-order valence-electron chi connectivity index (χ2n) is 6.05. The van der Waals surface area contributed by atoms with Gasteiger partial charge in [-0.3, -0.25) is 0 Å². The van der Waals surface area contributed by atoms with Crippen molar-refractivity contribution >= 4 is 17.7 Å². The number of nitrogens with one attached hydrogen (secondary N) is 2. The molecule has 7 nitrogen and oxygen atoms in total. The van der Waals surface area contributed by atoms with Gasteiger partial charge in [0.05, 0.1) is 38.1 Å². The predicted molar refractivity (Wildman–Crippen MR) is 104 cm³/mol. The molecule has 7 heteroatoms. The number of amides is 2. The lowest BCUT2D eigenvalue weighted by Gasteiger charge is -2.29. The molecule has 1 aliphatic heterocycles. The monoisotopic (exact) mass is 382 g/mol. The second kappa shape index (κ2) is 8.47. The number of hydrogen-bond acceptors (Lipinski definition) is 5. The maximum atomic E-state index is 12.6. The van der Waals surface area contributed by atoms with Crippen LogP contribution in [0.1, 0.15) is 24.1 Å². The molecule has 3 rings (SSSR count). The first-order valence-electron chi connectivity index (χ1n) is 8.84. The highest BCUT2D eigenvalue weighted by Gasteiger charge is 2.34. The molecule has 1 aliphatic rings. The summed E-state index contributed by atoms with van der Waals surface area (Å²) in [7, 11) is 2.88. The summed E-state index contributed by atoms with van der Waals surface area (Å²) in [4.78, 5) is 25.0. The molecule has 1 heterocycles. The van der Waals surface area contributed by atoms with Crippen molar-refractivity contribution in [3.8, 4) is 11.5 Å². The van der Waals surface area contributed by atoms with Gasteiger partial charge in [-0.2, -0.15) is 0 Å². The fourth-order valence-electron chi connectivity index (χ4n) is 3.08. The third-order valence-corrected chi connectivity index (χ3v) is 4.36. The lowest BCUT2D eigenvalue weighted by molar-refractivity contribution is -0.136. The molecular formula is C21H22N2O5. The second-order valence-corrected chi connectivity index (χ2v) is 6.05. The van der Waals surface area contributed by atoms with Crippen molar-refractivity contribution in [3.63, 3.8) is 0 Å². The Morgan fingerprint density at radius 2 is 1.82 bits per heavy atom. The molecule has 28 heavy (non-hydrogen) atoms. The third kappa shape index (κ3) is 3.93. The largest absolute Gasteiger partial charge is 0.497 e. The number of methoxy groups -OCH3 is 2. The van der Waals surface area contributed by atoms with E-state index in [9.17, 15) is 9.59 Å². The summed E-state index contributed by atoms with van der Waals surface area (Å²) >= 11 is 0. The number of urea groups is 1. The van der Waals surface area contributed by atoms with Crippen molar-refractivity contribution in [3.05, 3.63) is 65.2 Å². The number of esters is 1. The van der Waals surface area contributed by atoms with Gasteiger partial charge in [0.15, 0.2) is 0 Å². The Morgan fingerprint density at radius 3 is 2.46 bits per heavy atom. The van der Waals surface area contributed by atoms with Crippen molar-refractivity contribution in [1.29, 1.82) is 0 Å². The minimum Gasteiger partial charge on any atom is -0.497 e. The van der Waals surface area contributed by atoms with Gasteiger partial charge >= 0.3 is 12.0 Å². The Hall–Kier alpha value is -3.48. The Labute approximate surface area is 163 Å². The van der Waals surface area contributed by atoms with Crippen LogP contribution in [0.3, 0.4) is 0 Å². The van der Waals surface area contributed by atoms with Crippen LogP contribution in [0.4, 0.5) is 4.79 Å². The highest BCUT2D eigenvalue weighted by atomic mass is 16.5. The maximum absolute atomic E-state index is 12.6. The first kappa shape index (κ1) is 19.3. The van der Waals surface area contributed by atoms with E-state index in [-0.39, 0.29) is 0 Å². The SMILES string of the molecule is CCOc1cccc(C2NC(=O)NC(c3ccc(OC)cc3)=C2C(=O)OC)c1. The number of carbonyl (C=O) groups is 2. The van der Waals surface area contributed by atoms with Crippen molar-refractivity contribution in [2.45, 2.75) is 13.0 Å². The molecule has 0 fully saturated rings. The first-order valence-corrected chi connectivity index (χ1v) is 8.84. The number of rotatable bonds is 6. The van der Waals surface area contributed by atoms with E-state index < -0.39 is 18.0 Å². The van der Waals surface area contributed by atoms with Gasteiger partial charge < -0.3 is 24.8 Å². The zero-order valence-electron chi connectivity index (χ0n) is 15.9. The van der Waals surface area contributed by atoms with Gasteiger partial charge in [0.25, 0.3) is 0 Å². The lowest BCUT2D eigenvalue weighted by Crippen LogP contribution is -2.45. The number of carbonyl (C=O) groups excluding carboxylic acids is 2. The summed E-state index contributed by atoms with van der Waals surface area (Å²) < 4.78 is 15.7. The number of ether oxygens (including phenoxy) is 3. The number of hydrogen-bond donors (Lipinski definition) is 2. The highest BCUT2D eigenvalue weighted by Crippen LogP contribution is 2.33. The molecule has 1 unspecified atom stereocenters. The van der Waals surface area contributed by atoms with Gasteiger partial charge in [0.2, 0.25) is 0 Å². The zero-order valence-corrected chi connectivity index (χ0v) is 15.9. The Kier molecular flexibility index (Phi) is 5.84. The summed E-state index contributed by atoms with van der Waals surface area (Å²) in [6.07, 6.45) is 0. The van der Waals surface area contributed by atoms with Crippen LogP contribution < -0.4 is 20.1 Å². The van der Waals surface area contributed by atoms with Gasteiger partial charge in [-0.1, -0.05) is 12.1 Å². The van der Waals surface area contributed by atoms with Crippen molar-refractivity contribution < 1.29 is 23.8 Å². The van der Waals surface area contributed by atoms with Gasteiger partial charge in [0.1, 0.15) is 11.5 Å². The molecule has 2 amide bonds. The molecule has 146 valence electrons. The van der Waals surface area contributed by atoms with Crippen LogP contribution in [0.25, 0.3) is 5.70 Å². The van der Waals surface area contributed by atoms with Gasteiger partial charge in [-0.05, 0) is 54.4 Å². The standard InChI is InChI=1S/C21H22N2O5/c1-4-28-16-7-5-6-14(12-16)19-17(20(24)27-3)18(22-21(25)23-19)13-8-10-15(26-2)11-9-13/h5-12,19H,4H2,1-3H3,(H2,22,23,25). The fourth-order valence-corrected chi connectivity index (χ4v) is 3.08. The Bertz CT molecular complexity index is 905. The van der Waals surface area contributed by atoms with Crippen molar-refractivity contribution in [2.24, 2.45) is 0 Å². The molecule has 0 spiro atoms. The smallest absolute Gasteiger partial charge is 0.338 e. The van der Waals surface area contributed by atoms with E-state index >= 15 is 0 Å². The molecule has 1 atom stereocenters. The molecule has 2 aromatic carbocycles. The van der Waals surface area contributed by atoms with E-state index in [4.69, 9.17) is 14.2 Å². The van der Waals surface area contributed by atoms with Crippen molar-refractivity contribution in [2.75, 3.05) is 20.8 Å². The van der Waals surface area contributed by atoms with Gasteiger partial charge in [0, 0.05) is 0 Å². The van der Waals surface area contributed by atoms with E-state index in [2.05, 4.69) is 10.6 Å². The molecule has 0 aliphatic carbocycles. The fraction of sp³-hybridized carbons (Fsp3) is 0.238. The quantitative estimate of drug-likeness (QED) is 0.750. The summed E-state index contributed by atoms with van der Waals surface area (Å²) in [5.74, 6) is 0.790. The molecular weight excluding hydrogens is 360 g/mol. The Balaban J connectivity index is 2.13. The average Bonchev–Trinajstić information content (AvgIpc) is 2.73. The van der Waals surface area contributed by atoms with E-state index in [1.807, 2.05) is 25.1 Å². The van der Waals surface area contributed by atoms with Gasteiger partial charge in [-0.25, -0.2) is 9.59 Å². The maximum Gasteiger partial charge on any atom is 0.338 e. The van der Waals surface area contributed by atoms with Crippen LogP contribution in [0.5, 0.6) is 11.5 Å². The highest BCUT2D eigenvalue weighted by molar-refractivity contribution is 6.04. The van der Waals surface area contributed by atoms with Crippen LogP contribution in [0.15, 0.2) is 54.1 Å². The van der Waals surface area contributed by atoms with Gasteiger partial charge in [-0.15, -0.1) is 0 Å². The topological polar surface area (TPSA) is 85.9 Å². The summed E-state index contributed by atoms with van der Waals surface area (Å²) in [5.41, 5.74) is 2.08. The zero-order chi connectivity index (χ0) is 20.1. The third-order valence-electron chi connectivity index (χ3n) is 4.36. The summed E-state index contributed by atoms with van der Waals surface area (Å²) in [5, 5.41) is 5.53. The van der Waals surface area contributed by atoms with Crippen LogP contribution in [-0.4, -0.2) is 32.8 Å². The minimum atomic E-state index is -0.682. The minimum absolute atomic E-state index is 0.306. The molecule has 0 saturated carbocycles. The molecule has 0 aromatic heterocycles. The van der Waals surface area contributed by atoms with Crippen LogP contribution in [0, 0.1) is 0 Å².